The minimum Gasteiger partial charge on any atom is -0.378 e. The van der Waals surface area contributed by atoms with Crippen molar-refractivity contribution in [2.75, 3.05) is 33.3 Å². The van der Waals surface area contributed by atoms with Crippen LogP contribution in [0.3, 0.4) is 0 Å². The Morgan fingerprint density at radius 1 is 1.33 bits per heavy atom. The second-order valence-corrected chi connectivity index (χ2v) is 5.12. The maximum atomic E-state index is 5.58. The second-order valence-electron chi connectivity index (χ2n) is 5.12. The first-order valence-corrected chi connectivity index (χ1v) is 6.29. The van der Waals surface area contributed by atoms with Crippen LogP contribution in [0.4, 0.5) is 0 Å². The molecule has 0 aromatic heterocycles. The van der Waals surface area contributed by atoms with Gasteiger partial charge in [0.15, 0.2) is 0 Å². The molecule has 0 bridgehead atoms. The normalized spacial score (nSPS) is 31.4. The zero-order valence-electron chi connectivity index (χ0n) is 10.0. The van der Waals surface area contributed by atoms with E-state index in [1.165, 1.54) is 32.4 Å². The molecule has 1 heterocycles. The van der Waals surface area contributed by atoms with Crippen molar-refractivity contribution in [1.82, 2.24) is 10.2 Å². The van der Waals surface area contributed by atoms with E-state index in [1.807, 2.05) is 0 Å². The fraction of sp³-hybridized carbons (Fsp3) is 1.00. The molecular weight excluding hydrogens is 188 g/mol. The lowest BCUT2D eigenvalue weighted by Crippen LogP contribution is -2.35. The number of ether oxygens (including phenoxy) is 1. The molecule has 2 unspecified atom stereocenters. The van der Waals surface area contributed by atoms with Crippen LogP contribution in [0, 0.1) is 5.92 Å². The summed E-state index contributed by atoms with van der Waals surface area (Å²) in [6.07, 6.45) is 4.47. The van der Waals surface area contributed by atoms with Gasteiger partial charge < -0.3 is 15.0 Å². The summed E-state index contributed by atoms with van der Waals surface area (Å²) in [7, 11) is 2.22. The van der Waals surface area contributed by atoms with Crippen molar-refractivity contribution in [3.05, 3.63) is 0 Å². The summed E-state index contributed by atoms with van der Waals surface area (Å²) in [5.74, 6) is 0.746. The van der Waals surface area contributed by atoms with Gasteiger partial charge in [-0.3, -0.25) is 0 Å². The number of nitrogens with one attached hydrogen (secondary N) is 1. The number of nitrogens with zero attached hydrogens (tertiary/aromatic N) is 1. The first-order valence-electron chi connectivity index (χ1n) is 6.29. The molecule has 0 radical (unpaired) electrons. The molecule has 2 rings (SSSR count). The smallest absolute Gasteiger partial charge is 0.0588 e. The van der Waals surface area contributed by atoms with Crippen LogP contribution in [0.15, 0.2) is 0 Å². The average Bonchev–Trinajstić information content (AvgIpc) is 2.93. The largest absolute Gasteiger partial charge is 0.378 e. The third-order valence-corrected chi connectivity index (χ3v) is 3.58. The lowest BCUT2D eigenvalue weighted by molar-refractivity contribution is 0.0960. The molecule has 1 aliphatic carbocycles. The van der Waals surface area contributed by atoms with Gasteiger partial charge >= 0.3 is 0 Å². The SMILES string of the molecule is CC1OCCC1CN(C)CCNC1CC1. The summed E-state index contributed by atoms with van der Waals surface area (Å²) in [6.45, 7) is 6.66. The van der Waals surface area contributed by atoms with E-state index in [4.69, 9.17) is 4.74 Å². The van der Waals surface area contributed by atoms with Crippen LogP contribution in [0.2, 0.25) is 0 Å². The van der Waals surface area contributed by atoms with Gasteiger partial charge in [-0.1, -0.05) is 0 Å². The van der Waals surface area contributed by atoms with Gasteiger partial charge in [-0.2, -0.15) is 0 Å². The molecule has 0 amide bonds. The lowest BCUT2D eigenvalue weighted by Gasteiger charge is -2.22. The van der Waals surface area contributed by atoms with Gasteiger partial charge in [-0.15, -0.1) is 0 Å². The molecule has 0 aromatic carbocycles. The summed E-state index contributed by atoms with van der Waals surface area (Å²) in [5, 5.41) is 3.55. The quantitative estimate of drug-likeness (QED) is 0.713. The van der Waals surface area contributed by atoms with Crippen LogP contribution < -0.4 is 5.32 Å². The third-order valence-electron chi connectivity index (χ3n) is 3.58. The van der Waals surface area contributed by atoms with Crippen molar-refractivity contribution in [3.8, 4) is 0 Å². The summed E-state index contributed by atoms with van der Waals surface area (Å²) >= 11 is 0. The molecule has 3 heteroatoms. The molecule has 2 aliphatic rings. The number of rotatable bonds is 6. The minimum atomic E-state index is 0.462. The molecule has 3 nitrogen and oxygen atoms in total. The Kier molecular flexibility index (Phi) is 4.00. The number of hydrogen-bond acceptors (Lipinski definition) is 3. The second kappa shape index (κ2) is 5.28. The highest BCUT2D eigenvalue weighted by Crippen LogP contribution is 2.21. The predicted octanol–water partition coefficient (Wildman–Crippen LogP) is 1.10. The topological polar surface area (TPSA) is 24.5 Å². The van der Waals surface area contributed by atoms with Crippen LogP contribution in [-0.4, -0.2) is 50.3 Å². The van der Waals surface area contributed by atoms with Crippen molar-refractivity contribution >= 4 is 0 Å². The van der Waals surface area contributed by atoms with Crippen molar-refractivity contribution in [2.24, 2.45) is 5.92 Å². The molecule has 1 aliphatic heterocycles. The molecule has 88 valence electrons. The first kappa shape index (κ1) is 11.4. The van der Waals surface area contributed by atoms with E-state index in [2.05, 4.69) is 24.2 Å². The zero-order valence-corrected chi connectivity index (χ0v) is 10.0. The summed E-state index contributed by atoms with van der Waals surface area (Å²) in [6, 6.07) is 0.840. The zero-order chi connectivity index (χ0) is 10.7. The van der Waals surface area contributed by atoms with Gasteiger partial charge in [-0.25, -0.2) is 0 Å². The maximum absolute atomic E-state index is 5.58. The van der Waals surface area contributed by atoms with E-state index in [-0.39, 0.29) is 0 Å². The lowest BCUT2D eigenvalue weighted by atomic mass is 10.0. The Morgan fingerprint density at radius 2 is 2.13 bits per heavy atom. The predicted molar refractivity (Wildman–Crippen MR) is 62.0 cm³/mol. The van der Waals surface area contributed by atoms with Crippen LogP contribution in [0.5, 0.6) is 0 Å². The van der Waals surface area contributed by atoms with Crippen molar-refractivity contribution in [2.45, 2.75) is 38.3 Å². The molecule has 2 fully saturated rings. The Morgan fingerprint density at radius 3 is 2.73 bits per heavy atom. The van der Waals surface area contributed by atoms with Gasteiger partial charge in [0.1, 0.15) is 0 Å². The van der Waals surface area contributed by atoms with Gasteiger partial charge in [0.25, 0.3) is 0 Å². The Bertz CT molecular complexity index is 194. The first-order chi connectivity index (χ1) is 7.25. The standard InChI is InChI=1S/C12H24N2O/c1-10-11(5-8-15-10)9-14(2)7-6-13-12-3-4-12/h10-13H,3-9H2,1-2H3. The Labute approximate surface area is 93.2 Å². The van der Waals surface area contributed by atoms with Crippen molar-refractivity contribution in [1.29, 1.82) is 0 Å². The van der Waals surface area contributed by atoms with Crippen LogP contribution in [0.1, 0.15) is 26.2 Å². The van der Waals surface area contributed by atoms with Crippen LogP contribution >= 0.6 is 0 Å². The van der Waals surface area contributed by atoms with Gasteiger partial charge in [0, 0.05) is 32.3 Å². The van der Waals surface area contributed by atoms with Gasteiger partial charge in [0.05, 0.1) is 6.10 Å². The van der Waals surface area contributed by atoms with E-state index in [0.29, 0.717) is 6.10 Å². The monoisotopic (exact) mass is 212 g/mol. The average molecular weight is 212 g/mol. The van der Waals surface area contributed by atoms with Crippen LogP contribution in [-0.2, 0) is 4.74 Å². The van der Waals surface area contributed by atoms with Gasteiger partial charge in [-0.05, 0) is 39.2 Å². The number of likely N-dealkylation sites (N-methyl/N-ethyl adjacent to an activating group) is 1. The maximum Gasteiger partial charge on any atom is 0.0588 e. The van der Waals surface area contributed by atoms with E-state index in [0.717, 1.165) is 25.1 Å². The highest BCUT2D eigenvalue weighted by atomic mass is 16.5. The summed E-state index contributed by atoms with van der Waals surface area (Å²) in [5.41, 5.74) is 0. The fourth-order valence-corrected chi connectivity index (χ4v) is 2.25. The molecule has 0 aromatic rings. The van der Waals surface area contributed by atoms with Crippen LogP contribution in [0.25, 0.3) is 0 Å². The molecule has 0 spiro atoms. The molecule has 2 atom stereocenters. The van der Waals surface area contributed by atoms with Crippen molar-refractivity contribution in [3.63, 3.8) is 0 Å². The summed E-state index contributed by atoms with van der Waals surface area (Å²) in [4.78, 5) is 2.44. The van der Waals surface area contributed by atoms with E-state index in [1.54, 1.807) is 0 Å². The summed E-state index contributed by atoms with van der Waals surface area (Å²) < 4.78 is 5.58. The fourth-order valence-electron chi connectivity index (χ4n) is 2.25. The van der Waals surface area contributed by atoms with E-state index < -0.39 is 0 Å². The highest BCUT2D eigenvalue weighted by Gasteiger charge is 2.25. The number of hydrogen-bond donors (Lipinski definition) is 1. The van der Waals surface area contributed by atoms with E-state index in [9.17, 15) is 0 Å². The van der Waals surface area contributed by atoms with Gasteiger partial charge in [0.2, 0.25) is 0 Å². The molecule has 15 heavy (non-hydrogen) atoms. The van der Waals surface area contributed by atoms with Crippen molar-refractivity contribution < 1.29 is 4.74 Å². The minimum absolute atomic E-state index is 0.462. The van der Waals surface area contributed by atoms with E-state index >= 15 is 0 Å². The third kappa shape index (κ3) is 3.74. The Hall–Kier alpha value is -0.120. The molecular formula is C12H24N2O. The molecule has 1 saturated carbocycles. The molecule has 1 N–H and O–H groups in total. The highest BCUT2D eigenvalue weighted by molar-refractivity contribution is 4.81. The Balaban J connectivity index is 1.56. The molecule has 1 saturated heterocycles.